The van der Waals surface area contributed by atoms with Gasteiger partial charge in [-0.15, -0.1) is 0 Å². The summed E-state index contributed by atoms with van der Waals surface area (Å²) in [6.07, 6.45) is 0. The molecule has 0 aliphatic rings. The summed E-state index contributed by atoms with van der Waals surface area (Å²) < 4.78 is 10.9. The number of esters is 1. The first-order valence-corrected chi connectivity index (χ1v) is 7.10. The minimum atomic E-state index is -0.598. The Morgan fingerprint density at radius 1 is 1.23 bits per heavy atom. The highest BCUT2D eigenvalue weighted by atomic mass is 79.9. The topological polar surface area (TPSA) is 126 Å². The number of carbonyl (C=O) groups is 1. The van der Waals surface area contributed by atoms with E-state index in [1.54, 1.807) is 18.2 Å². The number of nitrogen functional groups attached to an aromatic ring is 2. The molecule has 0 radical (unpaired) electrons. The van der Waals surface area contributed by atoms with Crippen molar-refractivity contribution < 1.29 is 14.3 Å². The van der Waals surface area contributed by atoms with Crippen LogP contribution in [0.3, 0.4) is 0 Å². The number of rotatable bonds is 5. The smallest absolute Gasteiger partial charge is 0.344 e. The standard InChI is InChI=1S/C12H11BrClN5O3/c13-7-3-6(14)1-2-8(7)21-5-10(20)22-4-9-17-11(15)19-12(16)18-9/h1-3H,4-5H2,(H4,15,16,17,18,19). The molecule has 10 heteroatoms. The normalized spacial score (nSPS) is 10.3. The summed E-state index contributed by atoms with van der Waals surface area (Å²) in [7, 11) is 0. The molecule has 0 amide bonds. The molecule has 22 heavy (non-hydrogen) atoms. The molecular weight excluding hydrogens is 378 g/mol. The number of halogens is 2. The Labute approximate surface area is 138 Å². The number of hydrogen-bond acceptors (Lipinski definition) is 8. The van der Waals surface area contributed by atoms with E-state index in [-0.39, 0.29) is 30.9 Å². The van der Waals surface area contributed by atoms with Crippen molar-refractivity contribution in [1.82, 2.24) is 15.0 Å². The number of benzene rings is 1. The zero-order valence-electron chi connectivity index (χ0n) is 11.1. The Morgan fingerprint density at radius 2 is 1.91 bits per heavy atom. The van der Waals surface area contributed by atoms with E-state index >= 15 is 0 Å². The van der Waals surface area contributed by atoms with Crippen LogP contribution in [0, 0.1) is 0 Å². The molecule has 1 heterocycles. The third-order valence-electron chi connectivity index (χ3n) is 2.32. The molecule has 0 unspecified atom stereocenters. The van der Waals surface area contributed by atoms with Crippen molar-refractivity contribution in [3.63, 3.8) is 0 Å². The average molecular weight is 389 g/mol. The third kappa shape index (κ3) is 4.71. The highest BCUT2D eigenvalue weighted by Crippen LogP contribution is 2.27. The van der Waals surface area contributed by atoms with Crippen LogP contribution in [0.4, 0.5) is 11.9 Å². The van der Waals surface area contributed by atoms with Crippen molar-refractivity contribution in [2.75, 3.05) is 18.1 Å². The maximum absolute atomic E-state index is 11.6. The van der Waals surface area contributed by atoms with Crippen molar-refractivity contribution in [2.24, 2.45) is 0 Å². The van der Waals surface area contributed by atoms with Crippen LogP contribution < -0.4 is 16.2 Å². The highest BCUT2D eigenvalue weighted by Gasteiger charge is 2.09. The molecule has 0 fully saturated rings. The van der Waals surface area contributed by atoms with Gasteiger partial charge in [-0.2, -0.15) is 15.0 Å². The van der Waals surface area contributed by atoms with Crippen molar-refractivity contribution in [3.05, 3.63) is 33.5 Å². The molecule has 0 aliphatic carbocycles. The molecule has 0 saturated heterocycles. The number of carbonyl (C=O) groups excluding carboxylic acids is 1. The molecule has 8 nitrogen and oxygen atoms in total. The van der Waals surface area contributed by atoms with Gasteiger partial charge in [0.05, 0.1) is 4.47 Å². The Kier molecular flexibility index (Phi) is 5.34. The Bertz CT molecular complexity index is 680. The maximum Gasteiger partial charge on any atom is 0.344 e. The van der Waals surface area contributed by atoms with Crippen LogP contribution in [-0.2, 0) is 16.1 Å². The van der Waals surface area contributed by atoms with E-state index in [9.17, 15) is 4.79 Å². The number of nitrogens with zero attached hydrogens (tertiary/aromatic N) is 3. The molecule has 1 aromatic heterocycles. The first-order chi connectivity index (χ1) is 10.4. The number of anilines is 2. The Balaban J connectivity index is 1.85. The molecule has 116 valence electrons. The first-order valence-electron chi connectivity index (χ1n) is 5.93. The van der Waals surface area contributed by atoms with Crippen LogP contribution in [0.15, 0.2) is 22.7 Å². The lowest BCUT2D eigenvalue weighted by molar-refractivity contribution is -0.147. The monoisotopic (exact) mass is 387 g/mol. The summed E-state index contributed by atoms with van der Waals surface area (Å²) in [5, 5.41) is 0.548. The van der Waals surface area contributed by atoms with Gasteiger partial charge < -0.3 is 20.9 Å². The van der Waals surface area contributed by atoms with Crippen molar-refractivity contribution in [1.29, 1.82) is 0 Å². The zero-order valence-corrected chi connectivity index (χ0v) is 13.5. The highest BCUT2D eigenvalue weighted by molar-refractivity contribution is 9.10. The predicted molar refractivity (Wildman–Crippen MR) is 83.1 cm³/mol. The number of aromatic nitrogens is 3. The van der Waals surface area contributed by atoms with Gasteiger partial charge >= 0.3 is 5.97 Å². The van der Waals surface area contributed by atoms with Crippen LogP contribution in [0.25, 0.3) is 0 Å². The summed E-state index contributed by atoms with van der Waals surface area (Å²) in [5.41, 5.74) is 10.8. The number of nitrogens with two attached hydrogens (primary N) is 2. The van der Waals surface area contributed by atoms with E-state index in [0.29, 0.717) is 15.2 Å². The van der Waals surface area contributed by atoms with Crippen LogP contribution in [0.1, 0.15) is 5.82 Å². The van der Waals surface area contributed by atoms with E-state index in [4.69, 9.17) is 32.5 Å². The Hall–Kier alpha value is -2.13. The lowest BCUT2D eigenvalue weighted by Gasteiger charge is -2.08. The second kappa shape index (κ2) is 7.23. The SMILES string of the molecule is Nc1nc(N)nc(COC(=O)COc2ccc(Cl)cc2Br)n1. The summed E-state index contributed by atoms with van der Waals surface area (Å²) in [5.74, 6) is -0.0554. The lowest BCUT2D eigenvalue weighted by Crippen LogP contribution is -2.16. The summed E-state index contributed by atoms with van der Waals surface area (Å²) in [6, 6.07) is 4.93. The van der Waals surface area contributed by atoms with Gasteiger partial charge in [-0.1, -0.05) is 11.6 Å². The van der Waals surface area contributed by atoms with Gasteiger partial charge in [0.15, 0.2) is 19.0 Å². The average Bonchev–Trinajstić information content (AvgIpc) is 2.43. The second-order valence-electron chi connectivity index (χ2n) is 3.99. The fourth-order valence-electron chi connectivity index (χ4n) is 1.44. The van der Waals surface area contributed by atoms with Crippen LogP contribution in [0.2, 0.25) is 5.02 Å². The maximum atomic E-state index is 11.6. The fraction of sp³-hybridized carbons (Fsp3) is 0.167. The molecule has 2 rings (SSSR count). The zero-order chi connectivity index (χ0) is 16.1. The van der Waals surface area contributed by atoms with E-state index in [0.717, 1.165) is 0 Å². The fourth-order valence-corrected chi connectivity index (χ4v) is 2.23. The molecule has 0 saturated carbocycles. The van der Waals surface area contributed by atoms with Crippen molar-refractivity contribution in [3.8, 4) is 5.75 Å². The van der Waals surface area contributed by atoms with E-state index in [1.165, 1.54) is 0 Å². The van der Waals surface area contributed by atoms with E-state index in [1.807, 2.05) is 0 Å². The van der Waals surface area contributed by atoms with Crippen molar-refractivity contribution in [2.45, 2.75) is 6.61 Å². The van der Waals surface area contributed by atoms with E-state index in [2.05, 4.69) is 30.9 Å². The third-order valence-corrected chi connectivity index (χ3v) is 3.17. The second-order valence-corrected chi connectivity index (χ2v) is 5.28. The van der Waals surface area contributed by atoms with Gasteiger partial charge in [-0.05, 0) is 34.1 Å². The predicted octanol–water partition coefficient (Wildman–Crippen LogP) is 1.57. The van der Waals surface area contributed by atoms with Crippen LogP contribution in [0.5, 0.6) is 5.75 Å². The van der Waals surface area contributed by atoms with Crippen LogP contribution in [-0.4, -0.2) is 27.5 Å². The van der Waals surface area contributed by atoms with E-state index < -0.39 is 5.97 Å². The van der Waals surface area contributed by atoms with Crippen molar-refractivity contribution >= 4 is 45.4 Å². The van der Waals surface area contributed by atoms with Gasteiger partial charge in [0.1, 0.15) is 5.75 Å². The number of ether oxygens (including phenoxy) is 2. The quantitative estimate of drug-likeness (QED) is 0.739. The molecule has 0 bridgehead atoms. The number of hydrogen-bond donors (Lipinski definition) is 2. The molecule has 0 spiro atoms. The van der Waals surface area contributed by atoms with Gasteiger partial charge in [0, 0.05) is 5.02 Å². The van der Waals surface area contributed by atoms with Gasteiger partial charge in [0.25, 0.3) is 0 Å². The Morgan fingerprint density at radius 3 is 2.55 bits per heavy atom. The molecular formula is C12H11BrClN5O3. The minimum Gasteiger partial charge on any atom is -0.481 e. The molecule has 0 aliphatic heterocycles. The molecule has 4 N–H and O–H groups in total. The minimum absolute atomic E-state index is 0.0418. The molecule has 0 atom stereocenters. The summed E-state index contributed by atoms with van der Waals surface area (Å²) in [6.45, 7) is -0.461. The molecule has 1 aromatic carbocycles. The van der Waals surface area contributed by atoms with Gasteiger partial charge in [-0.3, -0.25) is 0 Å². The van der Waals surface area contributed by atoms with Gasteiger partial charge in [0.2, 0.25) is 11.9 Å². The summed E-state index contributed by atoms with van der Waals surface area (Å²) >= 11 is 9.08. The summed E-state index contributed by atoms with van der Waals surface area (Å²) in [4.78, 5) is 22.8. The molecule has 2 aromatic rings. The lowest BCUT2D eigenvalue weighted by atomic mass is 10.3. The van der Waals surface area contributed by atoms with Gasteiger partial charge in [-0.25, -0.2) is 4.79 Å². The largest absolute Gasteiger partial charge is 0.481 e. The first kappa shape index (κ1) is 16.2. The van der Waals surface area contributed by atoms with Crippen LogP contribution >= 0.6 is 27.5 Å².